The van der Waals surface area contributed by atoms with Crippen LogP contribution < -0.4 is 0 Å². The summed E-state index contributed by atoms with van der Waals surface area (Å²) in [6.07, 6.45) is 4.43. The van der Waals surface area contributed by atoms with Crippen molar-refractivity contribution in [2.24, 2.45) is 5.92 Å². The number of hydrogen-bond acceptors (Lipinski definition) is 3. The Kier molecular flexibility index (Phi) is 6.07. The number of nitrogens with zero attached hydrogens (tertiary/aromatic N) is 2. The Morgan fingerprint density at radius 3 is 2.68 bits per heavy atom. The van der Waals surface area contributed by atoms with Crippen LogP contribution in [0.4, 0.5) is 4.39 Å². The van der Waals surface area contributed by atoms with E-state index in [1.807, 2.05) is 11.8 Å². The Balaban J connectivity index is 1.46. The number of piperidine rings is 2. The lowest BCUT2D eigenvalue weighted by molar-refractivity contribution is -0.134. The van der Waals surface area contributed by atoms with Crippen molar-refractivity contribution < 1.29 is 14.3 Å². The molecule has 5 heteroatoms. The molecule has 138 valence electrons. The normalized spacial score (nSPS) is 21.6. The van der Waals surface area contributed by atoms with Crippen molar-refractivity contribution in [3.63, 3.8) is 0 Å². The topological polar surface area (TPSA) is 43.8 Å². The lowest BCUT2D eigenvalue weighted by atomic mass is 9.94. The Hall–Kier alpha value is -1.46. The van der Waals surface area contributed by atoms with Crippen LogP contribution in [0.15, 0.2) is 18.2 Å². The number of likely N-dealkylation sites (tertiary alicyclic amines) is 2. The number of carbonyl (C=O) groups excluding carboxylic acids is 1. The van der Waals surface area contributed by atoms with Gasteiger partial charge in [0.1, 0.15) is 5.82 Å². The van der Waals surface area contributed by atoms with E-state index in [2.05, 4.69) is 4.90 Å². The quantitative estimate of drug-likeness (QED) is 0.890. The molecule has 0 aromatic heterocycles. The van der Waals surface area contributed by atoms with E-state index < -0.39 is 6.10 Å². The molecule has 4 nitrogen and oxygen atoms in total. The largest absolute Gasteiger partial charge is 0.387 e. The predicted octanol–water partition coefficient (Wildman–Crippen LogP) is 2.89. The van der Waals surface area contributed by atoms with Crippen molar-refractivity contribution >= 4 is 5.91 Å². The monoisotopic (exact) mass is 348 g/mol. The van der Waals surface area contributed by atoms with Crippen LogP contribution in [0.5, 0.6) is 0 Å². The third-order valence-electron chi connectivity index (χ3n) is 5.63. The maximum Gasteiger partial charge on any atom is 0.222 e. The lowest BCUT2D eigenvalue weighted by Crippen LogP contribution is -2.43. The Labute approximate surface area is 149 Å². The van der Waals surface area contributed by atoms with E-state index in [0.29, 0.717) is 24.8 Å². The highest BCUT2D eigenvalue weighted by Crippen LogP contribution is 2.24. The summed E-state index contributed by atoms with van der Waals surface area (Å²) < 4.78 is 13.2. The second-order valence-corrected chi connectivity index (χ2v) is 7.56. The minimum atomic E-state index is -0.583. The van der Waals surface area contributed by atoms with Crippen LogP contribution >= 0.6 is 0 Å². The highest BCUT2D eigenvalue weighted by atomic mass is 19.1. The summed E-state index contributed by atoms with van der Waals surface area (Å²) >= 11 is 0. The zero-order chi connectivity index (χ0) is 17.8. The Morgan fingerprint density at radius 1 is 1.24 bits per heavy atom. The number of aryl methyl sites for hydroxylation is 1. The smallest absolute Gasteiger partial charge is 0.222 e. The van der Waals surface area contributed by atoms with Gasteiger partial charge in [0.2, 0.25) is 5.91 Å². The second-order valence-electron chi connectivity index (χ2n) is 7.56. The molecule has 1 N–H and O–H groups in total. The highest BCUT2D eigenvalue weighted by Gasteiger charge is 2.26. The van der Waals surface area contributed by atoms with Gasteiger partial charge in [-0.3, -0.25) is 4.79 Å². The molecule has 2 aliphatic heterocycles. The third kappa shape index (κ3) is 4.79. The molecular weight excluding hydrogens is 319 g/mol. The first-order chi connectivity index (χ1) is 12.0. The average molecular weight is 348 g/mol. The molecule has 0 aliphatic carbocycles. The molecule has 2 saturated heterocycles. The van der Waals surface area contributed by atoms with Gasteiger partial charge in [0.25, 0.3) is 0 Å². The number of hydrogen-bond donors (Lipinski definition) is 1. The van der Waals surface area contributed by atoms with Crippen LogP contribution in [0.2, 0.25) is 0 Å². The van der Waals surface area contributed by atoms with Crippen molar-refractivity contribution in [2.45, 2.75) is 45.1 Å². The number of rotatable bonds is 5. The summed E-state index contributed by atoms with van der Waals surface area (Å²) in [6.45, 7) is 6.13. The van der Waals surface area contributed by atoms with E-state index in [4.69, 9.17) is 0 Å². The van der Waals surface area contributed by atoms with Crippen LogP contribution in [0.25, 0.3) is 0 Å². The van der Waals surface area contributed by atoms with Crippen molar-refractivity contribution in [3.8, 4) is 0 Å². The summed E-state index contributed by atoms with van der Waals surface area (Å²) in [6, 6.07) is 4.57. The zero-order valence-electron chi connectivity index (χ0n) is 15.1. The van der Waals surface area contributed by atoms with Crippen LogP contribution in [0, 0.1) is 18.7 Å². The minimum absolute atomic E-state index is 0.262. The average Bonchev–Trinajstić information content (AvgIpc) is 2.58. The SMILES string of the molecule is Cc1cc(F)ccc1C(O)CN1CCC(CN2CCCCC2=O)CC1. The molecule has 0 saturated carbocycles. The van der Waals surface area contributed by atoms with Gasteiger partial charge in [0.05, 0.1) is 6.10 Å². The van der Waals surface area contributed by atoms with Gasteiger partial charge < -0.3 is 14.9 Å². The molecule has 3 rings (SSSR count). The lowest BCUT2D eigenvalue weighted by Gasteiger charge is -2.36. The van der Waals surface area contributed by atoms with Crippen molar-refractivity contribution in [3.05, 3.63) is 35.1 Å². The Morgan fingerprint density at radius 2 is 2.00 bits per heavy atom. The van der Waals surface area contributed by atoms with E-state index in [0.717, 1.165) is 63.0 Å². The van der Waals surface area contributed by atoms with Gasteiger partial charge in [-0.15, -0.1) is 0 Å². The van der Waals surface area contributed by atoms with Gasteiger partial charge in [-0.2, -0.15) is 0 Å². The van der Waals surface area contributed by atoms with Crippen LogP contribution in [0.3, 0.4) is 0 Å². The fraction of sp³-hybridized carbons (Fsp3) is 0.650. The molecule has 2 heterocycles. The van der Waals surface area contributed by atoms with Crippen molar-refractivity contribution in [2.75, 3.05) is 32.7 Å². The van der Waals surface area contributed by atoms with Gasteiger partial charge in [-0.05, 0) is 74.9 Å². The molecule has 1 aromatic carbocycles. The maximum atomic E-state index is 13.2. The van der Waals surface area contributed by atoms with Crippen LogP contribution in [0.1, 0.15) is 49.3 Å². The standard InChI is InChI=1S/C20H29FN2O2/c1-15-12-17(21)5-6-18(15)19(24)14-22-10-7-16(8-11-22)13-23-9-3-2-4-20(23)25/h5-6,12,16,19,24H,2-4,7-11,13-14H2,1H3. The Bertz CT molecular complexity index is 599. The second kappa shape index (κ2) is 8.28. The van der Waals surface area contributed by atoms with Crippen molar-refractivity contribution in [1.29, 1.82) is 0 Å². The minimum Gasteiger partial charge on any atom is -0.387 e. The third-order valence-corrected chi connectivity index (χ3v) is 5.63. The van der Waals surface area contributed by atoms with Crippen LogP contribution in [-0.4, -0.2) is 53.5 Å². The first-order valence-corrected chi connectivity index (χ1v) is 9.47. The molecule has 1 unspecified atom stereocenters. The number of aliphatic hydroxyl groups excluding tert-OH is 1. The molecule has 1 aromatic rings. The number of benzene rings is 1. The predicted molar refractivity (Wildman–Crippen MR) is 95.7 cm³/mol. The first-order valence-electron chi connectivity index (χ1n) is 9.47. The molecule has 2 aliphatic rings. The maximum absolute atomic E-state index is 13.2. The van der Waals surface area contributed by atoms with Crippen molar-refractivity contribution in [1.82, 2.24) is 9.80 Å². The van der Waals surface area contributed by atoms with Gasteiger partial charge >= 0.3 is 0 Å². The van der Waals surface area contributed by atoms with E-state index in [-0.39, 0.29) is 5.82 Å². The van der Waals surface area contributed by atoms with E-state index in [9.17, 15) is 14.3 Å². The summed E-state index contributed by atoms with van der Waals surface area (Å²) in [7, 11) is 0. The summed E-state index contributed by atoms with van der Waals surface area (Å²) in [5, 5.41) is 10.5. The van der Waals surface area contributed by atoms with E-state index >= 15 is 0 Å². The van der Waals surface area contributed by atoms with Gasteiger partial charge in [0.15, 0.2) is 0 Å². The van der Waals surface area contributed by atoms with E-state index in [1.165, 1.54) is 12.1 Å². The molecule has 0 bridgehead atoms. The molecule has 1 amide bonds. The molecule has 2 fully saturated rings. The number of halogens is 1. The number of amides is 1. The fourth-order valence-electron chi connectivity index (χ4n) is 4.07. The fourth-order valence-corrected chi connectivity index (χ4v) is 4.07. The molecular formula is C20H29FN2O2. The molecule has 25 heavy (non-hydrogen) atoms. The highest BCUT2D eigenvalue weighted by molar-refractivity contribution is 5.76. The summed E-state index contributed by atoms with van der Waals surface area (Å²) in [4.78, 5) is 16.3. The van der Waals surface area contributed by atoms with Gasteiger partial charge in [-0.1, -0.05) is 6.07 Å². The zero-order valence-corrected chi connectivity index (χ0v) is 15.1. The molecule has 1 atom stereocenters. The summed E-state index contributed by atoms with van der Waals surface area (Å²) in [5.74, 6) is 0.625. The molecule has 0 spiro atoms. The summed E-state index contributed by atoms with van der Waals surface area (Å²) in [5.41, 5.74) is 1.61. The number of β-amino-alcohol motifs (C(OH)–C–C–N with tert-alkyl or cyclic N) is 1. The number of carbonyl (C=O) groups is 1. The first kappa shape index (κ1) is 18.3. The molecule has 0 radical (unpaired) electrons. The number of aliphatic hydroxyl groups is 1. The van der Waals surface area contributed by atoms with E-state index in [1.54, 1.807) is 6.07 Å². The van der Waals surface area contributed by atoms with Gasteiger partial charge in [0, 0.05) is 26.1 Å². The van der Waals surface area contributed by atoms with Gasteiger partial charge in [-0.25, -0.2) is 4.39 Å². The van der Waals surface area contributed by atoms with Crippen LogP contribution in [-0.2, 0) is 4.79 Å².